The molecule has 0 radical (unpaired) electrons. The molecule has 1 aliphatic rings. The molecule has 2 aromatic rings. The van der Waals surface area contributed by atoms with Gasteiger partial charge in [0.1, 0.15) is 11.6 Å². The number of hydrogen-bond donors (Lipinski definition) is 1. The molecular weight excluding hydrogens is 383 g/mol. The molecule has 3 rings (SSSR count). The molecule has 0 bridgehead atoms. The minimum atomic E-state index is -0.620. The lowest BCUT2D eigenvalue weighted by molar-refractivity contribution is -0.122. The minimum Gasteiger partial charge on any atom is -0.493 e. The maximum Gasteiger partial charge on any atom is 0.256 e. The number of piperidine rings is 1. The van der Waals surface area contributed by atoms with Crippen LogP contribution in [-0.4, -0.2) is 36.4 Å². The molecule has 2 amide bonds. The lowest BCUT2D eigenvalue weighted by Crippen LogP contribution is -2.50. The molecule has 1 saturated heterocycles. The zero-order valence-electron chi connectivity index (χ0n) is 15.4. The van der Waals surface area contributed by atoms with Crippen molar-refractivity contribution in [2.24, 2.45) is 11.1 Å². The smallest absolute Gasteiger partial charge is 0.256 e. The summed E-state index contributed by atoms with van der Waals surface area (Å²) < 4.78 is 19.9. The second kappa shape index (κ2) is 8.61. The van der Waals surface area contributed by atoms with Crippen molar-refractivity contribution in [3.8, 4) is 5.75 Å². The average Bonchev–Trinajstić information content (AvgIpc) is 2.67. The van der Waals surface area contributed by atoms with E-state index in [1.165, 1.54) is 12.1 Å². The van der Waals surface area contributed by atoms with E-state index in [-0.39, 0.29) is 25.1 Å². The molecule has 2 aromatic carbocycles. The Bertz CT molecular complexity index is 859. The zero-order chi connectivity index (χ0) is 20.1. The molecule has 148 valence electrons. The number of carbonyl (C=O) groups is 2. The fourth-order valence-electron chi connectivity index (χ4n) is 3.64. The summed E-state index contributed by atoms with van der Waals surface area (Å²) in [5, 5.41) is 0.596. The van der Waals surface area contributed by atoms with Gasteiger partial charge in [-0.1, -0.05) is 23.7 Å². The zero-order valence-corrected chi connectivity index (χ0v) is 16.1. The first kappa shape index (κ1) is 20.1. The molecule has 5 nitrogen and oxygen atoms in total. The third kappa shape index (κ3) is 4.81. The molecule has 1 fully saturated rings. The molecule has 7 heteroatoms. The first-order valence-corrected chi connectivity index (χ1v) is 9.47. The molecule has 1 atom stereocenters. The highest BCUT2D eigenvalue weighted by atomic mass is 35.5. The van der Waals surface area contributed by atoms with Gasteiger partial charge < -0.3 is 15.4 Å². The van der Waals surface area contributed by atoms with Gasteiger partial charge in [-0.05, 0) is 49.2 Å². The number of hydrogen-bond acceptors (Lipinski definition) is 3. The quantitative estimate of drug-likeness (QED) is 0.798. The van der Waals surface area contributed by atoms with Crippen LogP contribution in [0.25, 0.3) is 0 Å². The van der Waals surface area contributed by atoms with Crippen molar-refractivity contribution in [1.29, 1.82) is 0 Å². The minimum absolute atomic E-state index is 0.0241. The van der Waals surface area contributed by atoms with Crippen molar-refractivity contribution in [2.45, 2.75) is 19.3 Å². The fourth-order valence-corrected chi connectivity index (χ4v) is 3.76. The molecule has 0 saturated carbocycles. The number of carbonyl (C=O) groups excluding carboxylic acids is 2. The van der Waals surface area contributed by atoms with Crippen LogP contribution in [0.5, 0.6) is 5.75 Å². The first-order valence-electron chi connectivity index (χ1n) is 9.09. The van der Waals surface area contributed by atoms with Crippen molar-refractivity contribution in [2.75, 3.05) is 19.7 Å². The molecule has 0 aromatic heterocycles. The van der Waals surface area contributed by atoms with Crippen molar-refractivity contribution in [1.82, 2.24) is 4.90 Å². The molecule has 28 heavy (non-hydrogen) atoms. The molecule has 1 heterocycles. The van der Waals surface area contributed by atoms with Crippen LogP contribution < -0.4 is 10.5 Å². The maximum atomic E-state index is 14.0. The van der Waals surface area contributed by atoms with E-state index >= 15 is 0 Å². The second-order valence-electron chi connectivity index (χ2n) is 7.20. The van der Waals surface area contributed by atoms with E-state index < -0.39 is 23.0 Å². The molecule has 0 spiro atoms. The molecule has 0 aliphatic carbocycles. The SMILES string of the molecule is NC(=O)C[C@]1(COc2ccc(Cl)cc2)CCCN(C(=O)c2ccccc2F)C1. The van der Waals surface area contributed by atoms with Gasteiger partial charge in [-0.15, -0.1) is 0 Å². The topological polar surface area (TPSA) is 72.6 Å². The monoisotopic (exact) mass is 404 g/mol. The molecule has 2 N–H and O–H groups in total. The largest absolute Gasteiger partial charge is 0.493 e. The summed E-state index contributed by atoms with van der Waals surface area (Å²) in [6, 6.07) is 12.8. The Hall–Kier alpha value is -2.60. The number of nitrogens with zero attached hydrogens (tertiary/aromatic N) is 1. The number of likely N-dealkylation sites (tertiary alicyclic amines) is 1. The van der Waals surface area contributed by atoms with Crippen LogP contribution in [0, 0.1) is 11.2 Å². The highest BCUT2D eigenvalue weighted by Gasteiger charge is 2.40. The van der Waals surface area contributed by atoms with E-state index in [2.05, 4.69) is 0 Å². The summed E-state index contributed by atoms with van der Waals surface area (Å²) in [6.07, 6.45) is 1.45. The van der Waals surface area contributed by atoms with Gasteiger partial charge in [0.05, 0.1) is 12.2 Å². The van der Waals surface area contributed by atoms with Gasteiger partial charge in [-0.2, -0.15) is 0 Å². The van der Waals surface area contributed by atoms with Gasteiger partial charge in [-0.25, -0.2) is 4.39 Å². The van der Waals surface area contributed by atoms with E-state index in [1.807, 2.05) is 0 Å². The van der Waals surface area contributed by atoms with Crippen LogP contribution in [0.3, 0.4) is 0 Å². The number of nitrogens with two attached hydrogens (primary N) is 1. The van der Waals surface area contributed by atoms with Crippen molar-refractivity contribution >= 4 is 23.4 Å². The summed E-state index contributed by atoms with van der Waals surface area (Å²) in [6.45, 7) is 0.990. The van der Waals surface area contributed by atoms with Crippen molar-refractivity contribution < 1.29 is 18.7 Å². The van der Waals surface area contributed by atoms with Crippen LogP contribution in [0.15, 0.2) is 48.5 Å². The van der Waals surface area contributed by atoms with E-state index in [9.17, 15) is 14.0 Å². The summed E-state index contributed by atoms with van der Waals surface area (Å²) in [4.78, 5) is 26.1. The van der Waals surface area contributed by atoms with Gasteiger partial charge in [-0.3, -0.25) is 9.59 Å². The molecule has 1 aliphatic heterocycles. The van der Waals surface area contributed by atoms with Crippen LogP contribution in [0.2, 0.25) is 5.02 Å². The number of rotatable bonds is 6. The average molecular weight is 405 g/mol. The number of ether oxygens (including phenoxy) is 1. The third-order valence-electron chi connectivity index (χ3n) is 4.96. The Morgan fingerprint density at radius 3 is 2.57 bits per heavy atom. The number of primary amides is 1. The van der Waals surface area contributed by atoms with E-state index in [0.29, 0.717) is 30.2 Å². The van der Waals surface area contributed by atoms with E-state index in [1.54, 1.807) is 41.3 Å². The maximum absolute atomic E-state index is 14.0. The van der Waals surface area contributed by atoms with Crippen molar-refractivity contribution in [3.63, 3.8) is 0 Å². The first-order chi connectivity index (χ1) is 13.4. The van der Waals surface area contributed by atoms with Crippen LogP contribution in [0.4, 0.5) is 4.39 Å². The highest BCUT2D eigenvalue weighted by molar-refractivity contribution is 6.30. The second-order valence-corrected chi connectivity index (χ2v) is 7.63. The molecule has 0 unspecified atom stereocenters. The number of benzene rings is 2. The lowest BCUT2D eigenvalue weighted by atomic mass is 9.77. The Morgan fingerprint density at radius 1 is 1.18 bits per heavy atom. The standard InChI is InChI=1S/C21H22ClFN2O3/c22-15-6-8-16(9-7-15)28-14-21(12-19(24)26)10-3-11-25(13-21)20(27)17-4-1-2-5-18(17)23/h1-2,4-9H,3,10-14H2,(H2,24,26)/t21-/m1/s1. The summed E-state index contributed by atoms with van der Waals surface area (Å²) in [5.41, 5.74) is 4.88. The molecular formula is C21H22ClFN2O3. The normalized spacial score (nSPS) is 19.3. The van der Waals surface area contributed by atoms with Gasteiger partial charge in [0.2, 0.25) is 5.91 Å². The third-order valence-corrected chi connectivity index (χ3v) is 5.21. The fraction of sp³-hybridized carbons (Fsp3) is 0.333. The Labute approximate surface area is 168 Å². The summed E-state index contributed by atoms with van der Waals surface area (Å²) in [7, 11) is 0. The number of halogens is 2. The van der Waals surface area contributed by atoms with Gasteiger partial charge in [0.25, 0.3) is 5.91 Å². The van der Waals surface area contributed by atoms with Gasteiger partial charge in [0.15, 0.2) is 0 Å². The highest BCUT2D eigenvalue weighted by Crippen LogP contribution is 2.35. The predicted molar refractivity (Wildman–Crippen MR) is 105 cm³/mol. The lowest BCUT2D eigenvalue weighted by Gasteiger charge is -2.42. The predicted octanol–water partition coefficient (Wildman–Crippen LogP) is 3.66. The van der Waals surface area contributed by atoms with Crippen LogP contribution >= 0.6 is 11.6 Å². The van der Waals surface area contributed by atoms with Crippen LogP contribution in [-0.2, 0) is 4.79 Å². The van der Waals surface area contributed by atoms with Gasteiger partial charge in [0, 0.05) is 29.9 Å². The van der Waals surface area contributed by atoms with Crippen LogP contribution in [0.1, 0.15) is 29.6 Å². The Kier molecular flexibility index (Phi) is 6.19. The van der Waals surface area contributed by atoms with E-state index in [0.717, 1.165) is 0 Å². The summed E-state index contributed by atoms with van der Waals surface area (Å²) >= 11 is 5.89. The summed E-state index contributed by atoms with van der Waals surface area (Å²) in [5.74, 6) is -0.792. The Balaban J connectivity index is 1.77. The van der Waals surface area contributed by atoms with Gasteiger partial charge >= 0.3 is 0 Å². The number of amides is 2. The van der Waals surface area contributed by atoms with Crippen molar-refractivity contribution in [3.05, 3.63) is 64.9 Å². The Morgan fingerprint density at radius 2 is 1.89 bits per heavy atom. The van der Waals surface area contributed by atoms with E-state index in [4.69, 9.17) is 22.1 Å².